The van der Waals surface area contributed by atoms with Gasteiger partial charge >= 0.3 is 17.9 Å². The van der Waals surface area contributed by atoms with Crippen LogP contribution >= 0.6 is 0 Å². The van der Waals surface area contributed by atoms with Crippen molar-refractivity contribution in [2.75, 3.05) is 0 Å². The van der Waals surface area contributed by atoms with Gasteiger partial charge in [-0.2, -0.15) is 0 Å². The molecule has 42 heavy (non-hydrogen) atoms. The molecule has 4 rings (SSSR count). The average molecular weight is 571 g/mol. The fraction of sp³-hybridized carbons (Fsp3) is 0.265. The number of ether oxygens (including phenoxy) is 5. The largest absolute Gasteiger partial charge is 0.487 e. The highest BCUT2D eigenvalue weighted by molar-refractivity contribution is 5.91. The zero-order valence-electron chi connectivity index (χ0n) is 23.7. The van der Waals surface area contributed by atoms with Crippen molar-refractivity contribution in [2.45, 2.75) is 58.0 Å². The number of hydrogen-bond donors (Lipinski definition) is 0. The van der Waals surface area contributed by atoms with Crippen LogP contribution in [0.15, 0.2) is 97.6 Å². The topological polar surface area (TPSA) is 97.4 Å². The summed E-state index contributed by atoms with van der Waals surface area (Å²) in [4.78, 5) is 35.9. The molecule has 3 aromatic rings. The van der Waals surface area contributed by atoms with Crippen LogP contribution in [0.4, 0.5) is 0 Å². The molecular weight excluding hydrogens is 536 g/mol. The highest BCUT2D eigenvalue weighted by Gasteiger charge is 2.35. The molecule has 1 heterocycles. The number of rotatable bonds is 13. The summed E-state index contributed by atoms with van der Waals surface area (Å²) in [5.41, 5.74) is 2.68. The SMILES string of the molecule is C=CC(=O)OC(C)Oc1ccc(-c2ccc(OC(=O)c3ccc(OC(CCCC)C4CC(=C)C(=O)O4)cc3)cc2)cc1. The van der Waals surface area contributed by atoms with Gasteiger partial charge in [0.05, 0.1) is 5.56 Å². The van der Waals surface area contributed by atoms with E-state index in [-0.39, 0.29) is 18.2 Å². The van der Waals surface area contributed by atoms with Gasteiger partial charge in [-0.3, -0.25) is 0 Å². The van der Waals surface area contributed by atoms with Crippen LogP contribution in [0.5, 0.6) is 17.2 Å². The molecule has 0 aliphatic carbocycles. The molecule has 8 nitrogen and oxygen atoms in total. The zero-order valence-corrected chi connectivity index (χ0v) is 23.7. The highest BCUT2D eigenvalue weighted by Crippen LogP contribution is 2.28. The second-order valence-corrected chi connectivity index (χ2v) is 9.84. The van der Waals surface area contributed by atoms with Crippen molar-refractivity contribution in [3.05, 3.63) is 103 Å². The Kier molecular flexibility index (Phi) is 10.2. The van der Waals surface area contributed by atoms with Crippen LogP contribution in [-0.2, 0) is 19.1 Å². The van der Waals surface area contributed by atoms with Crippen molar-refractivity contribution in [3.8, 4) is 28.4 Å². The third-order valence-corrected chi connectivity index (χ3v) is 6.63. The Balaban J connectivity index is 1.32. The van der Waals surface area contributed by atoms with Crippen LogP contribution in [-0.4, -0.2) is 36.4 Å². The van der Waals surface area contributed by atoms with E-state index in [0.29, 0.717) is 34.8 Å². The lowest BCUT2D eigenvalue weighted by Crippen LogP contribution is -2.31. The first-order valence-corrected chi connectivity index (χ1v) is 13.8. The van der Waals surface area contributed by atoms with Gasteiger partial charge in [0.1, 0.15) is 29.5 Å². The van der Waals surface area contributed by atoms with Gasteiger partial charge < -0.3 is 23.7 Å². The van der Waals surface area contributed by atoms with Gasteiger partial charge in [-0.1, -0.05) is 50.8 Å². The highest BCUT2D eigenvalue weighted by atomic mass is 16.7. The molecule has 0 aromatic heterocycles. The third kappa shape index (κ3) is 8.10. The Bertz CT molecular complexity index is 1390. The summed E-state index contributed by atoms with van der Waals surface area (Å²) in [6, 6.07) is 21.2. The molecule has 0 radical (unpaired) electrons. The predicted molar refractivity (Wildman–Crippen MR) is 157 cm³/mol. The van der Waals surface area contributed by atoms with Crippen molar-refractivity contribution in [1.82, 2.24) is 0 Å². The number of carbonyl (C=O) groups is 3. The van der Waals surface area contributed by atoms with E-state index in [9.17, 15) is 14.4 Å². The molecule has 1 aliphatic heterocycles. The van der Waals surface area contributed by atoms with Crippen LogP contribution in [0.1, 0.15) is 49.9 Å². The van der Waals surface area contributed by atoms with Crippen molar-refractivity contribution >= 4 is 17.9 Å². The molecule has 218 valence electrons. The molecule has 3 unspecified atom stereocenters. The Morgan fingerprint density at radius 2 is 1.50 bits per heavy atom. The Morgan fingerprint density at radius 3 is 2.05 bits per heavy atom. The molecule has 0 amide bonds. The molecule has 0 N–H and O–H groups in total. The lowest BCUT2D eigenvalue weighted by Gasteiger charge is -2.23. The molecule has 0 bridgehead atoms. The maximum Gasteiger partial charge on any atom is 0.343 e. The predicted octanol–water partition coefficient (Wildman–Crippen LogP) is 6.84. The van der Waals surface area contributed by atoms with Crippen LogP contribution in [0, 0.1) is 0 Å². The van der Waals surface area contributed by atoms with Crippen molar-refractivity contribution < 1.29 is 38.1 Å². The Hall–Kier alpha value is -4.85. The van der Waals surface area contributed by atoms with Gasteiger partial charge in [0.25, 0.3) is 0 Å². The lowest BCUT2D eigenvalue weighted by molar-refractivity contribution is -0.155. The zero-order chi connectivity index (χ0) is 30.1. The molecule has 8 heteroatoms. The number of unbranched alkanes of at least 4 members (excludes halogenated alkanes) is 1. The maximum absolute atomic E-state index is 12.8. The number of cyclic esters (lactones) is 1. The van der Waals surface area contributed by atoms with Crippen LogP contribution in [0.25, 0.3) is 11.1 Å². The lowest BCUT2D eigenvalue weighted by atomic mass is 10.0. The third-order valence-electron chi connectivity index (χ3n) is 6.63. The van der Waals surface area contributed by atoms with E-state index in [0.717, 1.165) is 36.5 Å². The van der Waals surface area contributed by atoms with Gasteiger partial charge in [-0.05, 0) is 72.5 Å². The van der Waals surface area contributed by atoms with Gasteiger partial charge in [-0.15, -0.1) is 0 Å². The minimum absolute atomic E-state index is 0.293. The summed E-state index contributed by atoms with van der Waals surface area (Å²) in [6.45, 7) is 10.8. The summed E-state index contributed by atoms with van der Waals surface area (Å²) in [5.74, 6) is 0.108. The fourth-order valence-corrected chi connectivity index (χ4v) is 4.40. The quantitative estimate of drug-likeness (QED) is 0.0954. The molecule has 0 saturated carbocycles. The molecule has 0 spiro atoms. The van der Waals surface area contributed by atoms with Crippen LogP contribution < -0.4 is 14.2 Å². The number of hydrogen-bond acceptors (Lipinski definition) is 8. The van der Waals surface area contributed by atoms with Gasteiger partial charge in [0, 0.05) is 25.0 Å². The molecular formula is C34H34O8. The van der Waals surface area contributed by atoms with E-state index in [1.165, 1.54) is 0 Å². The minimum atomic E-state index is -0.749. The molecule has 1 fully saturated rings. The molecule has 3 aromatic carbocycles. The van der Waals surface area contributed by atoms with Gasteiger partial charge in [0.15, 0.2) is 0 Å². The molecule has 1 saturated heterocycles. The van der Waals surface area contributed by atoms with Crippen molar-refractivity contribution in [2.24, 2.45) is 0 Å². The average Bonchev–Trinajstić information content (AvgIpc) is 3.33. The summed E-state index contributed by atoms with van der Waals surface area (Å²) in [5, 5.41) is 0. The van der Waals surface area contributed by atoms with Gasteiger partial charge in [-0.25, -0.2) is 14.4 Å². The monoisotopic (exact) mass is 570 g/mol. The standard InChI is InChI=1S/C34H34O8/c1-5-7-8-30(31-21-22(3)33(36)42-31)40-28-19-13-26(14-20-28)34(37)41-29-17-11-25(12-18-29)24-9-15-27(16-10-24)38-23(4)39-32(35)6-2/h6,9-20,23,30-31H,2-3,5,7-8,21H2,1,4H3. The normalized spacial score (nSPS) is 15.7. The smallest absolute Gasteiger partial charge is 0.343 e. The van der Waals surface area contributed by atoms with Crippen molar-refractivity contribution in [3.63, 3.8) is 0 Å². The van der Waals surface area contributed by atoms with E-state index in [2.05, 4.69) is 20.1 Å². The number of benzene rings is 3. The first kappa shape index (κ1) is 30.1. The van der Waals surface area contributed by atoms with E-state index < -0.39 is 18.2 Å². The summed E-state index contributed by atoms with van der Waals surface area (Å²) >= 11 is 0. The summed E-state index contributed by atoms with van der Waals surface area (Å²) in [7, 11) is 0. The van der Waals surface area contributed by atoms with E-state index >= 15 is 0 Å². The van der Waals surface area contributed by atoms with E-state index in [1.54, 1.807) is 55.5 Å². The molecule has 1 aliphatic rings. The first-order valence-electron chi connectivity index (χ1n) is 13.8. The first-order chi connectivity index (χ1) is 20.2. The van der Waals surface area contributed by atoms with Gasteiger partial charge in [0.2, 0.25) is 6.29 Å². The summed E-state index contributed by atoms with van der Waals surface area (Å²) < 4.78 is 27.7. The Morgan fingerprint density at radius 1 is 0.929 bits per heavy atom. The molecule has 3 atom stereocenters. The van der Waals surface area contributed by atoms with Crippen LogP contribution in [0.3, 0.4) is 0 Å². The Labute approximate surface area is 245 Å². The maximum atomic E-state index is 12.8. The van der Waals surface area contributed by atoms with Crippen molar-refractivity contribution in [1.29, 1.82) is 0 Å². The fourth-order valence-electron chi connectivity index (χ4n) is 4.40. The number of esters is 3. The summed E-state index contributed by atoms with van der Waals surface area (Å²) in [6.07, 6.45) is 2.78. The van der Waals surface area contributed by atoms with Crippen LogP contribution in [0.2, 0.25) is 0 Å². The second-order valence-electron chi connectivity index (χ2n) is 9.84. The van der Waals surface area contributed by atoms with E-state index in [1.807, 2.05) is 24.3 Å². The minimum Gasteiger partial charge on any atom is -0.487 e. The number of carbonyl (C=O) groups excluding carboxylic acids is 3. The van der Waals surface area contributed by atoms with E-state index in [4.69, 9.17) is 23.7 Å². The second kappa shape index (κ2) is 14.2.